The molecule has 0 aromatic carbocycles. The van der Waals surface area contributed by atoms with Gasteiger partial charge in [0, 0.05) is 0 Å². The molecule has 0 amide bonds. The Labute approximate surface area is 171 Å². The largest absolute Gasteiger partial charge is 0.414 e. The topological polar surface area (TPSA) is 49.5 Å². The minimum absolute atomic E-state index is 0.114. The van der Waals surface area contributed by atoms with Crippen molar-refractivity contribution in [1.29, 1.82) is 0 Å². The fourth-order valence-electron chi connectivity index (χ4n) is 5.00. The first-order valence-corrected chi connectivity index (χ1v) is 14.8. The van der Waals surface area contributed by atoms with Crippen LogP contribution in [0.25, 0.3) is 0 Å². The van der Waals surface area contributed by atoms with E-state index in [1.165, 1.54) is 0 Å². The average Bonchev–Trinajstić information content (AvgIpc) is 3.14. The predicted molar refractivity (Wildman–Crippen MR) is 112 cm³/mol. The second-order valence-corrected chi connectivity index (χ2v) is 18.9. The smallest absolute Gasteiger partial charge is 0.335 e. The molecule has 3 aliphatic rings. The first-order valence-electron chi connectivity index (χ1n) is 10.4. The number of hydrogen-bond donors (Lipinski definition) is 0. The lowest BCUT2D eigenvalue weighted by atomic mass is 9.98. The summed E-state index contributed by atoms with van der Waals surface area (Å²) in [5.74, 6) is 0. The molecule has 0 aliphatic carbocycles. The van der Waals surface area contributed by atoms with Crippen molar-refractivity contribution in [2.75, 3.05) is 6.61 Å². The van der Waals surface area contributed by atoms with E-state index in [1.54, 1.807) is 0 Å². The molecular formula is C19H37ClO5Si2. The fourth-order valence-corrected chi connectivity index (χ4v) is 16.7. The zero-order valence-electron chi connectivity index (χ0n) is 18.2. The van der Waals surface area contributed by atoms with Gasteiger partial charge in [0.2, 0.25) is 0 Å². The van der Waals surface area contributed by atoms with E-state index in [4.69, 9.17) is 34.0 Å². The Balaban J connectivity index is 2.08. The third-order valence-corrected chi connectivity index (χ3v) is 17.4. The summed E-state index contributed by atoms with van der Waals surface area (Å²) in [6.07, 6.45) is -0.518. The number of fused-ring (bicyclic) bond motifs is 2. The van der Waals surface area contributed by atoms with Gasteiger partial charge in [0.1, 0.15) is 12.2 Å². The summed E-state index contributed by atoms with van der Waals surface area (Å²) in [6.45, 7) is 20.3. The molecule has 0 saturated carbocycles. The number of halogens is 1. The van der Waals surface area contributed by atoms with Crippen molar-refractivity contribution in [2.24, 2.45) is 0 Å². The van der Waals surface area contributed by atoms with Gasteiger partial charge in [-0.2, -0.15) is 0 Å². The molecule has 3 aliphatic heterocycles. The number of rotatable bonds is 4. The molecule has 27 heavy (non-hydrogen) atoms. The van der Waals surface area contributed by atoms with Crippen LogP contribution in [-0.2, 0) is 22.4 Å². The lowest BCUT2D eigenvalue weighted by Crippen LogP contribution is -2.66. The molecule has 0 N–H and O–H groups in total. The normalized spacial score (nSPS) is 40.7. The summed E-state index contributed by atoms with van der Waals surface area (Å²) in [4.78, 5) is 0. The molecule has 0 aromatic heterocycles. The summed E-state index contributed by atoms with van der Waals surface area (Å²) >= 11 is 6.43. The van der Waals surface area contributed by atoms with Gasteiger partial charge in [-0.15, -0.1) is 0 Å². The van der Waals surface area contributed by atoms with E-state index < -0.39 is 22.7 Å². The molecule has 3 saturated heterocycles. The maximum Gasteiger partial charge on any atom is 0.335 e. The Morgan fingerprint density at radius 1 is 0.889 bits per heavy atom. The van der Waals surface area contributed by atoms with Gasteiger partial charge < -0.3 is 22.4 Å². The maximum atomic E-state index is 7.19. The number of hydrogen-bond acceptors (Lipinski definition) is 5. The molecule has 158 valence electrons. The lowest BCUT2D eigenvalue weighted by molar-refractivity contribution is -0.0351. The Morgan fingerprint density at radius 2 is 1.37 bits per heavy atom. The second-order valence-electron chi connectivity index (χ2n) is 9.62. The van der Waals surface area contributed by atoms with Crippen molar-refractivity contribution in [3.8, 4) is 0 Å². The van der Waals surface area contributed by atoms with Crippen molar-refractivity contribution in [3.63, 3.8) is 0 Å². The van der Waals surface area contributed by atoms with E-state index in [0.29, 0.717) is 17.7 Å². The monoisotopic (exact) mass is 436 g/mol. The highest BCUT2D eigenvalue weighted by Gasteiger charge is 2.74. The quantitative estimate of drug-likeness (QED) is 0.350. The molecule has 5 atom stereocenters. The van der Waals surface area contributed by atoms with E-state index in [-0.39, 0.29) is 35.0 Å². The zero-order valence-corrected chi connectivity index (χ0v) is 21.0. The Morgan fingerprint density at radius 3 is 1.78 bits per heavy atom. The number of alkyl halides is 1. The molecule has 8 heteroatoms. The highest BCUT2D eigenvalue weighted by Crippen LogP contribution is 2.56. The summed E-state index contributed by atoms with van der Waals surface area (Å²) < 4.78 is 33.1. The minimum Gasteiger partial charge on any atom is -0.414 e. The molecule has 3 rings (SSSR count). The van der Waals surface area contributed by atoms with Crippen LogP contribution >= 0.6 is 11.6 Å². The van der Waals surface area contributed by atoms with Crippen LogP contribution in [0.1, 0.15) is 62.3 Å². The minimum atomic E-state index is -2.66. The zero-order chi connectivity index (χ0) is 20.4. The van der Waals surface area contributed by atoms with Crippen LogP contribution in [0.3, 0.4) is 0 Å². The van der Waals surface area contributed by atoms with Crippen LogP contribution in [0.4, 0.5) is 0 Å². The van der Waals surface area contributed by atoms with Gasteiger partial charge in [-0.25, -0.2) is 0 Å². The molecule has 1 unspecified atom stereocenters. The molecule has 5 nitrogen and oxygen atoms in total. The molecule has 3 fully saturated rings. The second kappa shape index (κ2) is 7.34. The SMILES string of the molecule is CC(C)[Si]1(C(C)C)OC[C@H]2O[C@@H](C)[C@@]3(OC3Cl)[C@H]2O[Si](C(C)C)(C(C)C)O1. The molecule has 0 radical (unpaired) electrons. The van der Waals surface area contributed by atoms with E-state index in [9.17, 15) is 0 Å². The van der Waals surface area contributed by atoms with Crippen LogP contribution in [0, 0.1) is 0 Å². The van der Waals surface area contributed by atoms with Crippen LogP contribution in [0.2, 0.25) is 22.2 Å². The van der Waals surface area contributed by atoms with Crippen LogP contribution in [0.5, 0.6) is 0 Å². The van der Waals surface area contributed by atoms with Gasteiger partial charge in [0.05, 0.1) is 12.7 Å². The summed E-state index contributed by atoms with van der Waals surface area (Å²) in [5, 5.41) is 0. The lowest BCUT2D eigenvalue weighted by Gasteiger charge is -2.51. The van der Waals surface area contributed by atoms with E-state index >= 15 is 0 Å². The fraction of sp³-hybridized carbons (Fsp3) is 1.00. The number of epoxide rings is 1. The summed E-state index contributed by atoms with van der Waals surface area (Å²) in [6, 6.07) is 0. The Bertz CT molecular complexity index is 542. The number of ether oxygens (including phenoxy) is 2. The van der Waals surface area contributed by atoms with Crippen molar-refractivity contribution in [1.82, 2.24) is 0 Å². The summed E-state index contributed by atoms with van der Waals surface area (Å²) in [5.41, 5.74) is 0.276. The van der Waals surface area contributed by atoms with Crippen molar-refractivity contribution >= 4 is 28.7 Å². The third-order valence-electron chi connectivity index (χ3n) is 6.72. The summed E-state index contributed by atoms with van der Waals surface area (Å²) in [7, 11) is -5.18. The molecule has 0 bridgehead atoms. The van der Waals surface area contributed by atoms with Crippen LogP contribution in [-0.4, -0.2) is 53.2 Å². The van der Waals surface area contributed by atoms with Crippen molar-refractivity contribution in [3.05, 3.63) is 0 Å². The van der Waals surface area contributed by atoms with E-state index in [1.807, 2.05) is 6.92 Å². The van der Waals surface area contributed by atoms with Gasteiger partial charge in [0.25, 0.3) is 0 Å². The Hall–Kier alpha value is 0.524. The predicted octanol–water partition coefficient (Wildman–Crippen LogP) is 5.06. The first kappa shape index (κ1) is 22.2. The van der Waals surface area contributed by atoms with Gasteiger partial charge in [0.15, 0.2) is 11.2 Å². The van der Waals surface area contributed by atoms with Crippen LogP contribution < -0.4 is 0 Å². The van der Waals surface area contributed by atoms with Crippen molar-refractivity contribution in [2.45, 2.75) is 114 Å². The van der Waals surface area contributed by atoms with Crippen LogP contribution in [0.15, 0.2) is 0 Å². The average molecular weight is 437 g/mol. The molecule has 0 aromatic rings. The third kappa shape index (κ3) is 3.21. The molecular weight excluding hydrogens is 400 g/mol. The van der Waals surface area contributed by atoms with Gasteiger partial charge >= 0.3 is 17.1 Å². The Kier molecular flexibility index (Phi) is 6.04. The van der Waals surface area contributed by atoms with Gasteiger partial charge in [-0.1, -0.05) is 67.0 Å². The highest BCUT2D eigenvalue weighted by atomic mass is 35.5. The standard InChI is InChI=1S/C19H37ClO5Si2/c1-11(2)26(12(3)4)21-10-16-17(19(15(9)22-16)18(20)23-19)24-27(25-26,13(5)6)14(7)8/h11-18H,10H2,1-9H3/t15-,16+,17-,18?,19+/m0/s1. The van der Waals surface area contributed by atoms with Gasteiger partial charge in [-0.3, -0.25) is 0 Å². The first-order chi connectivity index (χ1) is 12.4. The van der Waals surface area contributed by atoms with E-state index in [2.05, 4.69) is 55.4 Å². The molecule has 1 spiro atoms. The van der Waals surface area contributed by atoms with Crippen molar-refractivity contribution < 1.29 is 22.4 Å². The van der Waals surface area contributed by atoms with E-state index in [0.717, 1.165) is 0 Å². The highest BCUT2D eigenvalue weighted by molar-refractivity contribution is 6.84. The van der Waals surface area contributed by atoms with Gasteiger partial charge in [-0.05, 0) is 29.1 Å². The molecule has 3 heterocycles. The maximum absolute atomic E-state index is 7.19.